The number of sulfonamides is 1. The molecule has 1 unspecified atom stereocenters. The third-order valence-electron chi connectivity index (χ3n) is 3.45. The number of rotatable bonds is 6. The van der Waals surface area contributed by atoms with Crippen LogP contribution in [0.15, 0.2) is 33.8 Å². The second-order valence-corrected chi connectivity index (χ2v) is 7.40. The third-order valence-corrected chi connectivity index (χ3v) is 4.64. The lowest BCUT2D eigenvalue weighted by atomic mass is 10.2. The number of ether oxygens (including phenoxy) is 2. The van der Waals surface area contributed by atoms with Gasteiger partial charge in [-0.1, -0.05) is 11.6 Å². The molecule has 0 saturated carbocycles. The highest BCUT2D eigenvalue weighted by atomic mass is 35.5. The molecule has 146 valence electrons. The number of hydrogen-bond donors (Lipinski definition) is 2. The number of benzene rings is 1. The summed E-state index contributed by atoms with van der Waals surface area (Å²) in [5.74, 6) is -1.73. The lowest BCUT2D eigenvalue weighted by Crippen LogP contribution is -2.30. The highest BCUT2D eigenvalue weighted by Crippen LogP contribution is 2.31. The number of nitrogens with two attached hydrogens (primary N) is 1. The normalized spacial score (nSPS) is 12.3. The van der Waals surface area contributed by atoms with E-state index >= 15 is 0 Å². The fourth-order valence-corrected chi connectivity index (χ4v) is 2.64. The van der Waals surface area contributed by atoms with Gasteiger partial charge in [0, 0.05) is 11.1 Å². The molecule has 0 aliphatic rings. The zero-order valence-electron chi connectivity index (χ0n) is 14.6. The maximum Gasteiger partial charge on any atom is 0.375 e. The Hall–Kier alpha value is -2.56. The second-order valence-electron chi connectivity index (χ2n) is 5.50. The molecule has 0 spiro atoms. The van der Waals surface area contributed by atoms with Crippen molar-refractivity contribution in [3.63, 3.8) is 0 Å². The first-order chi connectivity index (χ1) is 12.5. The van der Waals surface area contributed by atoms with Gasteiger partial charge < -0.3 is 19.2 Å². The molecule has 1 aromatic heterocycles. The molecule has 2 rings (SSSR count). The summed E-state index contributed by atoms with van der Waals surface area (Å²) in [7, 11) is -2.68. The molecule has 0 aliphatic heterocycles. The molecule has 9 nitrogen and oxygen atoms in total. The number of carbonyl (C=O) groups is 2. The van der Waals surface area contributed by atoms with Gasteiger partial charge >= 0.3 is 5.97 Å². The first kappa shape index (κ1) is 20.7. The Labute approximate surface area is 160 Å². The van der Waals surface area contributed by atoms with E-state index in [-0.39, 0.29) is 0 Å². The number of carbonyl (C=O) groups excluding carboxylic acids is 2. The summed E-state index contributed by atoms with van der Waals surface area (Å²) in [6, 6.07) is 5.25. The molecule has 1 aromatic carbocycles. The highest BCUT2D eigenvalue weighted by molar-refractivity contribution is 7.89. The predicted octanol–water partition coefficient (Wildman–Crippen LogP) is 2.08. The summed E-state index contributed by atoms with van der Waals surface area (Å²) in [5, 5.41) is 7.34. The van der Waals surface area contributed by atoms with Crippen molar-refractivity contribution in [2.75, 3.05) is 12.4 Å². The van der Waals surface area contributed by atoms with Crippen molar-refractivity contribution < 1.29 is 31.9 Å². The molecule has 27 heavy (non-hydrogen) atoms. The largest absolute Gasteiger partial charge is 0.495 e. The molecule has 0 bridgehead atoms. The molecule has 0 saturated heterocycles. The van der Waals surface area contributed by atoms with Crippen LogP contribution in [0.4, 0.5) is 5.69 Å². The molecule has 0 fully saturated rings. The Morgan fingerprint density at radius 3 is 2.52 bits per heavy atom. The van der Waals surface area contributed by atoms with Crippen LogP contribution in [0.5, 0.6) is 5.75 Å². The van der Waals surface area contributed by atoms with Crippen LogP contribution in [-0.2, 0) is 19.6 Å². The average molecular weight is 417 g/mol. The minimum absolute atomic E-state index is 0.335. The molecule has 2 aromatic rings. The zero-order chi connectivity index (χ0) is 20.4. The van der Waals surface area contributed by atoms with Crippen molar-refractivity contribution in [3.05, 3.63) is 40.6 Å². The topological polar surface area (TPSA) is 138 Å². The number of aryl methyl sites for hydroxylation is 1. The molecule has 3 N–H and O–H groups in total. The summed E-state index contributed by atoms with van der Waals surface area (Å²) in [6.45, 7) is 3.09. The molecule has 0 aliphatic carbocycles. The number of primary sulfonamides is 1. The first-order valence-electron chi connectivity index (χ1n) is 7.51. The van der Waals surface area contributed by atoms with E-state index < -0.39 is 38.9 Å². The van der Waals surface area contributed by atoms with Crippen LogP contribution in [0, 0.1) is 6.92 Å². The summed E-state index contributed by atoms with van der Waals surface area (Å²) in [6.07, 6.45) is -1.21. The van der Waals surface area contributed by atoms with Crippen molar-refractivity contribution in [3.8, 4) is 5.75 Å². The van der Waals surface area contributed by atoms with E-state index in [2.05, 4.69) is 5.32 Å². The maximum atomic E-state index is 12.3. The quantitative estimate of drug-likeness (QED) is 0.687. The monoisotopic (exact) mass is 416 g/mol. The van der Waals surface area contributed by atoms with E-state index in [1.165, 1.54) is 14.0 Å². The SMILES string of the molecule is COc1cc(Cl)c(C)cc1NC(=O)C(C)OC(=O)c1ccc(S(N)(=O)=O)o1. The van der Waals surface area contributed by atoms with Gasteiger partial charge in [0.2, 0.25) is 10.9 Å². The van der Waals surface area contributed by atoms with Gasteiger partial charge in [-0.2, -0.15) is 0 Å². The average Bonchev–Trinajstić information content (AvgIpc) is 3.08. The number of nitrogens with one attached hydrogen (secondary N) is 1. The molecule has 1 amide bonds. The van der Waals surface area contributed by atoms with Gasteiger partial charge in [0.1, 0.15) is 5.75 Å². The van der Waals surface area contributed by atoms with Gasteiger partial charge in [0.15, 0.2) is 6.10 Å². The first-order valence-corrected chi connectivity index (χ1v) is 9.44. The zero-order valence-corrected chi connectivity index (χ0v) is 16.2. The number of furan rings is 1. The molecular weight excluding hydrogens is 400 g/mol. The van der Waals surface area contributed by atoms with Crippen LogP contribution in [0.1, 0.15) is 23.0 Å². The van der Waals surface area contributed by atoms with Gasteiger partial charge in [0.25, 0.3) is 15.9 Å². The Balaban J connectivity index is 2.09. The number of halogens is 1. The van der Waals surface area contributed by atoms with E-state index in [9.17, 15) is 18.0 Å². The van der Waals surface area contributed by atoms with Crippen LogP contribution in [-0.4, -0.2) is 33.5 Å². The summed E-state index contributed by atoms with van der Waals surface area (Å²) in [5.41, 5.74) is 1.06. The van der Waals surface area contributed by atoms with Gasteiger partial charge in [-0.3, -0.25) is 4.79 Å². The number of amides is 1. The number of hydrogen-bond acceptors (Lipinski definition) is 7. The van der Waals surface area contributed by atoms with E-state index in [1.54, 1.807) is 19.1 Å². The molecule has 11 heteroatoms. The fraction of sp³-hybridized carbons (Fsp3) is 0.250. The maximum absolute atomic E-state index is 12.3. The van der Waals surface area contributed by atoms with Crippen molar-refractivity contribution in [2.24, 2.45) is 5.14 Å². The standard InChI is InChI=1S/C16H17ClN2O7S/c1-8-6-11(13(24-3)7-10(8)17)19-15(20)9(2)25-16(21)12-4-5-14(26-12)27(18,22)23/h4-7,9H,1-3H3,(H,19,20)(H2,18,22,23). The summed E-state index contributed by atoms with van der Waals surface area (Å²) in [4.78, 5) is 24.3. The van der Waals surface area contributed by atoms with E-state index in [0.29, 0.717) is 22.0 Å². The van der Waals surface area contributed by atoms with Gasteiger partial charge in [-0.05, 0) is 37.6 Å². The minimum atomic E-state index is -4.09. The van der Waals surface area contributed by atoms with Crippen LogP contribution < -0.4 is 15.2 Å². The van der Waals surface area contributed by atoms with E-state index in [4.69, 9.17) is 30.6 Å². The number of esters is 1. The van der Waals surface area contributed by atoms with Gasteiger partial charge in [-0.15, -0.1) is 0 Å². The van der Waals surface area contributed by atoms with Crippen LogP contribution in [0.2, 0.25) is 5.02 Å². The molecule has 0 radical (unpaired) electrons. The minimum Gasteiger partial charge on any atom is -0.495 e. The Kier molecular flexibility index (Phi) is 6.14. The van der Waals surface area contributed by atoms with Gasteiger partial charge in [0.05, 0.1) is 12.8 Å². The molecule has 1 atom stereocenters. The molecule has 1 heterocycles. The van der Waals surface area contributed by atoms with Crippen molar-refractivity contribution in [1.29, 1.82) is 0 Å². The Bertz CT molecular complexity index is 985. The number of anilines is 1. The summed E-state index contributed by atoms with van der Waals surface area (Å²) < 4.78 is 37.3. The lowest BCUT2D eigenvalue weighted by Gasteiger charge is -2.15. The fourth-order valence-electron chi connectivity index (χ4n) is 2.02. The molecular formula is C16H17ClN2O7S. The van der Waals surface area contributed by atoms with Crippen LogP contribution in [0.25, 0.3) is 0 Å². The van der Waals surface area contributed by atoms with E-state index in [1.807, 2.05) is 0 Å². The Morgan fingerprint density at radius 1 is 1.30 bits per heavy atom. The van der Waals surface area contributed by atoms with Crippen molar-refractivity contribution >= 4 is 39.2 Å². The highest BCUT2D eigenvalue weighted by Gasteiger charge is 2.24. The number of methoxy groups -OCH3 is 1. The smallest absolute Gasteiger partial charge is 0.375 e. The van der Waals surface area contributed by atoms with Gasteiger partial charge in [-0.25, -0.2) is 18.4 Å². The lowest BCUT2D eigenvalue weighted by molar-refractivity contribution is -0.123. The third kappa shape index (κ3) is 5.00. The van der Waals surface area contributed by atoms with Crippen LogP contribution in [0.3, 0.4) is 0 Å². The van der Waals surface area contributed by atoms with Crippen molar-refractivity contribution in [2.45, 2.75) is 25.0 Å². The second kappa shape index (κ2) is 7.99. The van der Waals surface area contributed by atoms with Crippen LogP contribution >= 0.6 is 11.6 Å². The predicted molar refractivity (Wildman–Crippen MR) is 96.3 cm³/mol. The Morgan fingerprint density at radius 2 is 1.96 bits per heavy atom. The summed E-state index contributed by atoms with van der Waals surface area (Å²) >= 11 is 6.01. The van der Waals surface area contributed by atoms with E-state index in [0.717, 1.165) is 12.1 Å². The van der Waals surface area contributed by atoms with Crippen molar-refractivity contribution in [1.82, 2.24) is 0 Å².